The molecule has 1 heterocycles. The Labute approximate surface area is 98.3 Å². The number of thiophene rings is 1. The topological polar surface area (TPSA) is 23.8 Å². The van der Waals surface area contributed by atoms with Crippen molar-refractivity contribution in [1.82, 2.24) is 0 Å². The maximum absolute atomic E-state index is 13.3. The van der Waals surface area contributed by atoms with Crippen molar-refractivity contribution >= 4 is 44.0 Å². The van der Waals surface area contributed by atoms with Crippen LogP contribution in [0.15, 0.2) is 17.5 Å². The molecular formula is C10H5FINS. The minimum Gasteiger partial charge on any atom is -0.205 e. The summed E-state index contributed by atoms with van der Waals surface area (Å²) in [5.41, 5.74) is 0.920. The number of hydrogen-bond donors (Lipinski definition) is 0. The fourth-order valence-corrected chi connectivity index (χ4v) is 2.96. The van der Waals surface area contributed by atoms with E-state index >= 15 is 0 Å². The van der Waals surface area contributed by atoms with Crippen LogP contribution in [-0.2, 0) is 6.42 Å². The molecule has 1 aromatic carbocycles. The summed E-state index contributed by atoms with van der Waals surface area (Å²) in [5, 5.41) is 10.8. The predicted octanol–water partition coefficient (Wildman–Crippen LogP) is 3.71. The number of nitriles is 1. The zero-order valence-electron chi connectivity index (χ0n) is 7.05. The van der Waals surface area contributed by atoms with Gasteiger partial charge in [0.25, 0.3) is 0 Å². The number of rotatable bonds is 1. The van der Waals surface area contributed by atoms with Gasteiger partial charge in [0.05, 0.1) is 12.5 Å². The Kier molecular flexibility index (Phi) is 2.70. The summed E-state index contributed by atoms with van der Waals surface area (Å²) in [7, 11) is 0. The number of halogens is 2. The summed E-state index contributed by atoms with van der Waals surface area (Å²) in [5.74, 6) is -0.192. The largest absolute Gasteiger partial charge is 0.205 e. The van der Waals surface area contributed by atoms with Gasteiger partial charge in [0, 0.05) is 19.0 Å². The van der Waals surface area contributed by atoms with Crippen LogP contribution in [0.2, 0.25) is 0 Å². The first-order valence-electron chi connectivity index (χ1n) is 3.94. The van der Waals surface area contributed by atoms with E-state index in [0.29, 0.717) is 11.8 Å². The SMILES string of the molecule is N#CCc1cc(I)cc2c(F)csc12. The van der Waals surface area contributed by atoms with Crippen LogP contribution in [0.25, 0.3) is 10.1 Å². The first kappa shape index (κ1) is 9.87. The van der Waals surface area contributed by atoms with Crippen LogP contribution in [0.1, 0.15) is 5.56 Å². The predicted molar refractivity (Wildman–Crippen MR) is 63.8 cm³/mol. The molecule has 0 N–H and O–H groups in total. The molecule has 0 saturated heterocycles. The quantitative estimate of drug-likeness (QED) is 0.736. The number of benzene rings is 1. The van der Waals surface area contributed by atoms with Crippen LogP contribution in [0.4, 0.5) is 4.39 Å². The van der Waals surface area contributed by atoms with E-state index in [4.69, 9.17) is 5.26 Å². The zero-order chi connectivity index (χ0) is 10.1. The van der Waals surface area contributed by atoms with Gasteiger partial charge in [0.1, 0.15) is 5.82 Å². The molecule has 14 heavy (non-hydrogen) atoms. The summed E-state index contributed by atoms with van der Waals surface area (Å²) in [4.78, 5) is 0. The molecule has 2 aromatic rings. The molecule has 0 unspecified atom stereocenters. The smallest absolute Gasteiger partial charge is 0.141 e. The van der Waals surface area contributed by atoms with E-state index in [1.165, 1.54) is 16.7 Å². The van der Waals surface area contributed by atoms with Crippen molar-refractivity contribution in [3.8, 4) is 6.07 Å². The summed E-state index contributed by atoms with van der Waals surface area (Å²) in [6.45, 7) is 0. The van der Waals surface area contributed by atoms with Gasteiger partial charge in [-0.1, -0.05) is 0 Å². The Bertz CT molecular complexity index is 527. The molecule has 0 atom stereocenters. The zero-order valence-corrected chi connectivity index (χ0v) is 10.0. The molecule has 0 spiro atoms. The molecule has 1 aromatic heterocycles. The van der Waals surface area contributed by atoms with Crippen LogP contribution in [0.3, 0.4) is 0 Å². The fraction of sp³-hybridized carbons (Fsp3) is 0.100. The van der Waals surface area contributed by atoms with Crippen LogP contribution in [0.5, 0.6) is 0 Å². The van der Waals surface area contributed by atoms with E-state index in [1.54, 1.807) is 0 Å². The summed E-state index contributed by atoms with van der Waals surface area (Å²) >= 11 is 3.50. The van der Waals surface area contributed by atoms with E-state index in [1.807, 2.05) is 12.1 Å². The van der Waals surface area contributed by atoms with Gasteiger partial charge in [-0.25, -0.2) is 4.39 Å². The minimum atomic E-state index is -0.192. The third kappa shape index (κ3) is 1.62. The molecule has 1 nitrogen and oxygen atoms in total. The van der Waals surface area contributed by atoms with Gasteiger partial charge in [0.2, 0.25) is 0 Å². The molecule has 4 heteroatoms. The lowest BCUT2D eigenvalue weighted by Crippen LogP contribution is -1.84. The van der Waals surface area contributed by atoms with E-state index in [2.05, 4.69) is 28.7 Å². The molecule has 0 fully saturated rings. The second kappa shape index (κ2) is 3.83. The summed E-state index contributed by atoms with van der Waals surface area (Å²) < 4.78 is 15.1. The van der Waals surface area contributed by atoms with Crippen molar-refractivity contribution in [3.05, 3.63) is 32.5 Å². The second-order valence-corrected chi connectivity index (χ2v) is 4.99. The van der Waals surface area contributed by atoms with Crippen molar-refractivity contribution in [2.45, 2.75) is 6.42 Å². The molecule has 0 saturated carbocycles. The highest BCUT2D eigenvalue weighted by Gasteiger charge is 2.08. The third-order valence-electron chi connectivity index (χ3n) is 1.94. The molecule has 0 radical (unpaired) electrons. The molecule has 70 valence electrons. The van der Waals surface area contributed by atoms with Crippen LogP contribution < -0.4 is 0 Å². The molecule has 0 aliphatic heterocycles. The first-order chi connectivity index (χ1) is 6.72. The monoisotopic (exact) mass is 317 g/mol. The van der Waals surface area contributed by atoms with Gasteiger partial charge in [-0.15, -0.1) is 11.3 Å². The highest BCUT2D eigenvalue weighted by atomic mass is 127. The van der Waals surface area contributed by atoms with E-state index in [0.717, 1.165) is 13.8 Å². The molecule has 0 aliphatic carbocycles. The number of nitrogens with zero attached hydrogens (tertiary/aromatic N) is 1. The Hall–Kier alpha value is -0.670. The van der Waals surface area contributed by atoms with Crippen LogP contribution in [0, 0.1) is 20.7 Å². The van der Waals surface area contributed by atoms with E-state index in [-0.39, 0.29) is 5.82 Å². The van der Waals surface area contributed by atoms with Crippen LogP contribution >= 0.6 is 33.9 Å². The maximum atomic E-state index is 13.3. The fourth-order valence-electron chi connectivity index (χ4n) is 1.36. The Morgan fingerprint density at radius 3 is 3.00 bits per heavy atom. The van der Waals surface area contributed by atoms with Crippen molar-refractivity contribution in [2.75, 3.05) is 0 Å². The minimum absolute atomic E-state index is 0.192. The van der Waals surface area contributed by atoms with Crippen LogP contribution in [-0.4, -0.2) is 0 Å². The lowest BCUT2D eigenvalue weighted by atomic mass is 10.1. The maximum Gasteiger partial charge on any atom is 0.141 e. The van der Waals surface area contributed by atoms with Gasteiger partial charge in [-0.3, -0.25) is 0 Å². The van der Waals surface area contributed by atoms with Gasteiger partial charge in [0.15, 0.2) is 0 Å². The standard InChI is InChI=1S/C10H5FINS/c11-9-5-14-10-6(1-2-13)3-7(12)4-8(9)10/h3-5H,1H2. The van der Waals surface area contributed by atoms with Crippen molar-refractivity contribution in [3.63, 3.8) is 0 Å². The van der Waals surface area contributed by atoms with Gasteiger partial charge >= 0.3 is 0 Å². The van der Waals surface area contributed by atoms with Crippen molar-refractivity contribution in [1.29, 1.82) is 5.26 Å². The number of hydrogen-bond acceptors (Lipinski definition) is 2. The third-order valence-corrected chi connectivity index (χ3v) is 3.60. The normalized spacial score (nSPS) is 10.4. The van der Waals surface area contributed by atoms with Gasteiger partial charge in [-0.05, 0) is 40.3 Å². The molecule has 2 rings (SSSR count). The van der Waals surface area contributed by atoms with Crippen molar-refractivity contribution < 1.29 is 4.39 Å². The van der Waals surface area contributed by atoms with Crippen molar-refractivity contribution in [2.24, 2.45) is 0 Å². The highest BCUT2D eigenvalue weighted by Crippen LogP contribution is 2.30. The average Bonchev–Trinajstić information content (AvgIpc) is 2.49. The van der Waals surface area contributed by atoms with Gasteiger partial charge in [-0.2, -0.15) is 5.26 Å². The second-order valence-electron chi connectivity index (χ2n) is 2.86. The average molecular weight is 317 g/mol. The van der Waals surface area contributed by atoms with E-state index in [9.17, 15) is 4.39 Å². The van der Waals surface area contributed by atoms with E-state index < -0.39 is 0 Å². The Morgan fingerprint density at radius 2 is 2.29 bits per heavy atom. The van der Waals surface area contributed by atoms with Gasteiger partial charge < -0.3 is 0 Å². The lowest BCUT2D eigenvalue weighted by Gasteiger charge is -1.99. The molecule has 0 amide bonds. The Morgan fingerprint density at radius 1 is 1.50 bits per heavy atom. The summed E-state index contributed by atoms with van der Waals surface area (Å²) in [6.07, 6.45) is 0.341. The number of fused-ring (bicyclic) bond motifs is 1. The molecule has 0 bridgehead atoms. The summed E-state index contributed by atoms with van der Waals surface area (Å²) in [6, 6.07) is 5.83. The molecule has 0 aliphatic rings. The first-order valence-corrected chi connectivity index (χ1v) is 5.90. The lowest BCUT2D eigenvalue weighted by molar-refractivity contribution is 0.644. The highest BCUT2D eigenvalue weighted by molar-refractivity contribution is 14.1. The Balaban J connectivity index is 2.76. The molecular weight excluding hydrogens is 312 g/mol.